The molecular formula is C54H76N10O8. The lowest BCUT2D eigenvalue weighted by atomic mass is 9.97. The van der Waals surface area contributed by atoms with Crippen molar-refractivity contribution in [1.82, 2.24) is 52.3 Å². The maximum Gasteiger partial charge on any atom is 0.251 e. The molecule has 0 aromatic heterocycles. The Morgan fingerprint density at radius 2 is 0.875 bits per heavy atom. The van der Waals surface area contributed by atoms with Crippen LogP contribution in [-0.2, 0) is 28.8 Å². The third-order valence-corrected chi connectivity index (χ3v) is 14.4. The summed E-state index contributed by atoms with van der Waals surface area (Å²) in [6.07, 6.45) is 1.32. The van der Waals surface area contributed by atoms with Crippen LogP contribution in [0.5, 0.6) is 0 Å². The summed E-state index contributed by atoms with van der Waals surface area (Å²) in [6.45, 7) is 14.6. The Morgan fingerprint density at radius 1 is 0.514 bits per heavy atom. The molecule has 390 valence electrons. The van der Waals surface area contributed by atoms with Gasteiger partial charge >= 0.3 is 0 Å². The number of hydrogen-bond donors (Lipinski definition) is 8. The molecule has 5 rings (SSSR count). The Labute approximate surface area is 424 Å². The predicted molar refractivity (Wildman–Crippen MR) is 275 cm³/mol. The zero-order valence-corrected chi connectivity index (χ0v) is 43.4. The molecule has 8 N–H and O–H groups in total. The van der Waals surface area contributed by atoms with Crippen LogP contribution in [0.2, 0.25) is 0 Å². The van der Waals surface area contributed by atoms with Crippen molar-refractivity contribution >= 4 is 47.3 Å². The van der Waals surface area contributed by atoms with E-state index in [0.717, 1.165) is 11.1 Å². The van der Waals surface area contributed by atoms with Crippen LogP contribution < -0.4 is 42.5 Å². The number of carbonyl (C=O) groups is 8. The number of nitrogens with zero attached hydrogens (tertiary/aromatic N) is 2. The van der Waals surface area contributed by atoms with Gasteiger partial charge in [0, 0.05) is 36.3 Å². The van der Waals surface area contributed by atoms with Crippen molar-refractivity contribution in [1.29, 1.82) is 0 Å². The van der Waals surface area contributed by atoms with Crippen molar-refractivity contribution < 1.29 is 38.4 Å². The Balaban J connectivity index is 1.35. The van der Waals surface area contributed by atoms with Gasteiger partial charge in [-0.3, -0.25) is 38.4 Å². The van der Waals surface area contributed by atoms with E-state index >= 15 is 0 Å². The molecule has 8 amide bonds. The van der Waals surface area contributed by atoms with Gasteiger partial charge in [-0.15, -0.1) is 0 Å². The molecule has 0 radical (unpaired) electrons. The molecular weight excluding hydrogens is 917 g/mol. The first-order valence-corrected chi connectivity index (χ1v) is 25.3. The van der Waals surface area contributed by atoms with Crippen LogP contribution in [0.25, 0.3) is 0 Å². The van der Waals surface area contributed by atoms with Gasteiger partial charge in [-0.2, -0.15) is 0 Å². The maximum absolute atomic E-state index is 14.5. The van der Waals surface area contributed by atoms with Gasteiger partial charge < -0.3 is 52.3 Å². The van der Waals surface area contributed by atoms with E-state index in [4.69, 9.17) is 0 Å². The van der Waals surface area contributed by atoms with Crippen molar-refractivity contribution in [2.45, 2.75) is 141 Å². The lowest BCUT2D eigenvalue weighted by Gasteiger charge is -2.32. The molecule has 2 aliphatic rings. The average molecular weight is 993 g/mol. The molecule has 0 aliphatic carbocycles. The van der Waals surface area contributed by atoms with Crippen molar-refractivity contribution in [2.75, 3.05) is 27.2 Å². The van der Waals surface area contributed by atoms with E-state index in [1.807, 2.05) is 102 Å². The van der Waals surface area contributed by atoms with Crippen LogP contribution in [-0.4, -0.2) is 133 Å². The van der Waals surface area contributed by atoms with Gasteiger partial charge in [0.2, 0.25) is 35.4 Å². The van der Waals surface area contributed by atoms with Gasteiger partial charge in [0.15, 0.2) is 0 Å². The highest BCUT2D eigenvalue weighted by Crippen LogP contribution is 2.26. The lowest BCUT2D eigenvalue weighted by Crippen LogP contribution is -2.57. The molecule has 0 bridgehead atoms. The molecule has 2 aliphatic heterocycles. The van der Waals surface area contributed by atoms with Crippen LogP contribution in [0, 0.1) is 11.8 Å². The summed E-state index contributed by atoms with van der Waals surface area (Å²) in [4.78, 5) is 114. The molecule has 0 saturated carbocycles. The Kier molecular flexibility index (Phi) is 20.4. The van der Waals surface area contributed by atoms with E-state index in [0.29, 0.717) is 12.8 Å². The van der Waals surface area contributed by atoms with Crippen molar-refractivity contribution in [3.8, 4) is 0 Å². The Hall–Kier alpha value is -6.66. The fourth-order valence-electron chi connectivity index (χ4n) is 9.02. The predicted octanol–water partition coefficient (Wildman–Crippen LogP) is 3.12. The van der Waals surface area contributed by atoms with Gasteiger partial charge in [0.1, 0.15) is 24.2 Å². The molecule has 18 heteroatoms. The zero-order valence-electron chi connectivity index (χ0n) is 43.4. The Bertz CT molecular complexity index is 2210. The quantitative estimate of drug-likeness (QED) is 0.0732. The number of likely N-dealkylation sites (tertiary alicyclic amines) is 2. The van der Waals surface area contributed by atoms with Gasteiger partial charge in [0.05, 0.1) is 24.2 Å². The number of likely N-dealkylation sites (N-methyl/N-ethyl adjacent to an activating group) is 2. The van der Waals surface area contributed by atoms with Gasteiger partial charge in [0.25, 0.3) is 11.8 Å². The number of nitrogens with one attached hydrogen (secondary N) is 8. The number of amides is 8. The monoisotopic (exact) mass is 993 g/mol. The van der Waals surface area contributed by atoms with Crippen LogP contribution in [0.1, 0.15) is 125 Å². The minimum absolute atomic E-state index is 0.0151. The summed E-state index contributed by atoms with van der Waals surface area (Å²) in [6, 6.07) is 17.8. The molecule has 3 aromatic rings. The van der Waals surface area contributed by atoms with Crippen LogP contribution >= 0.6 is 0 Å². The molecule has 0 unspecified atom stereocenters. The highest BCUT2D eigenvalue weighted by atomic mass is 16.2. The zero-order chi connectivity index (χ0) is 52.8. The summed E-state index contributed by atoms with van der Waals surface area (Å²) in [5, 5.41) is 23.6. The van der Waals surface area contributed by atoms with Gasteiger partial charge in [-0.05, 0) is 95.8 Å². The number of rotatable bonds is 22. The van der Waals surface area contributed by atoms with E-state index in [1.54, 1.807) is 46.1 Å². The van der Waals surface area contributed by atoms with E-state index < -0.39 is 83.8 Å². The first-order chi connectivity index (χ1) is 34.3. The number of hydrogen-bond acceptors (Lipinski definition) is 10. The summed E-state index contributed by atoms with van der Waals surface area (Å²) in [5.41, 5.74) is 2.04. The van der Waals surface area contributed by atoms with Crippen molar-refractivity contribution in [3.05, 3.63) is 107 Å². The largest absolute Gasteiger partial charge is 0.348 e. The van der Waals surface area contributed by atoms with E-state index in [-0.39, 0.29) is 72.8 Å². The average Bonchev–Trinajstić information content (AvgIpc) is 4.03. The number of benzene rings is 3. The highest BCUT2D eigenvalue weighted by molar-refractivity contribution is 6.01. The standard InChI is InChI=1S/C54H76N10O8/c1-11-31(3)45(61-47(65)35(7)55-9)53(71)63-29-41(27-43(63)51(69)57-33(5)37-20-15-13-16-21-37)59-49(67)39-24-19-25-40(26-39)50(68)60-42-28-44(52(70)58-34(6)38-22-17-14-18-23-38)64(30-42)54(72)46(32(4)12-2)62-48(66)36(8)56-10/h13-26,31-36,41-46,55-56H,11-12,27-30H2,1-10H3,(H,57,69)(H,58,70)(H,59,67)(H,60,68)(H,61,65)(H,62,66)/t31-,32-,33-,34-,35+,36+,41+,42+,43+,44+,45+,46+/m1/s1. The number of carbonyl (C=O) groups excluding carboxylic acids is 8. The Morgan fingerprint density at radius 3 is 1.21 bits per heavy atom. The first-order valence-electron chi connectivity index (χ1n) is 25.3. The van der Waals surface area contributed by atoms with Gasteiger partial charge in [-0.25, -0.2) is 0 Å². The molecule has 12 atom stereocenters. The third-order valence-electron chi connectivity index (χ3n) is 14.4. The summed E-state index contributed by atoms with van der Waals surface area (Å²) < 4.78 is 0. The smallest absolute Gasteiger partial charge is 0.251 e. The molecule has 3 aromatic carbocycles. The van der Waals surface area contributed by atoms with Crippen LogP contribution in [0.15, 0.2) is 84.9 Å². The van der Waals surface area contributed by atoms with Gasteiger partial charge in [-0.1, -0.05) is 107 Å². The topological polar surface area (TPSA) is 239 Å². The normalized spacial score (nSPS) is 20.9. The molecule has 2 heterocycles. The van der Waals surface area contributed by atoms with Crippen LogP contribution in [0.4, 0.5) is 0 Å². The highest BCUT2D eigenvalue weighted by Gasteiger charge is 2.46. The van der Waals surface area contributed by atoms with E-state index in [2.05, 4.69) is 42.5 Å². The summed E-state index contributed by atoms with van der Waals surface area (Å²) in [7, 11) is 3.29. The second-order valence-electron chi connectivity index (χ2n) is 19.5. The second-order valence-corrected chi connectivity index (χ2v) is 19.5. The lowest BCUT2D eigenvalue weighted by molar-refractivity contribution is -0.143. The first kappa shape index (κ1) is 56.3. The van der Waals surface area contributed by atoms with Crippen molar-refractivity contribution in [2.24, 2.45) is 11.8 Å². The third kappa shape index (κ3) is 14.3. The minimum Gasteiger partial charge on any atom is -0.348 e. The maximum atomic E-state index is 14.5. The fourth-order valence-corrected chi connectivity index (χ4v) is 9.02. The minimum atomic E-state index is -0.977. The fraction of sp³-hybridized carbons (Fsp3) is 0.519. The molecule has 2 saturated heterocycles. The van der Waals surface area contributed by atoms with E-state index in [9.17, 15) is 38.4 Å². The molecule has 2 fully saturated rings. The summed E-state index contributed by atoms with van der Waals surface area (Å²) >= 11 is 0. The SMILES string of the molecule is CC[C@@H](C)[C@H](NC(=O)[C@H](C)NC)C(=O)N1C[C@@H](NC(=O)c2cccc(C(=O)N[C@H]3C[C@@H](C(=O)N[C@H](C)c4ccccc4)N(C(=O)[C@@H](NC(=O)[C@H](C)NC)[C@H](C)CC)C3)c2)C[C@H]1C(=O)N[C@H](C)c1ccccc1. The summed E-state index contributed by atoms with van der Waals surface area (Å²) in [5.74, 6) is -4.06. The second kappa shape index (κ2) is 26.2. The van der Waals surface area contributed by atoms with E-state index in [1.165, 1.54) is 15.9 Å². The van der Waals surface area contributed by atoms with Crippen molar-refractivity contribution in [3.63, 3.8) is 0 Å². The molecule has 18 nitrogen and oxygen atoms in total. The molecule has 0 spiro atoms. The van der Waals surface area contributed by atoms with Crippen LogP contribution in [0.3, 0.4) is 0 Å². The molecule has 72 heavy (non-hydrogen) atoms.